The Balaban J connectivity index is -0.000000256. The van der Waals surface area contributed by atoms with E-state index in [1.807, 2.05) is 0 Å². The molecule has 0 aliphatic carbocycles. The van der Waals surface area contributed by atoms with Crippen LogP contribution in [-0.4, -0.2) is 23.6 Å². The first kappa shape index (κ1) is 24.1. The van der Waals surface area contributed by atoms with E-state index in [0.29, 0.717) is 25.0 Å². The summed E-state index contributed by atoms with van der Waals surface area (Å²) in [6.07, 6.45) is 2.02. The van der Waals surface area contributed by atoms with Gasteiger partial charge in [-0.15, -0.1) is 0 Å². The third-order valence-corrected chi connectivity index (χ3v) is 2.11. The molecule has 0 unspecified atom stereocenters. The maximum absolute atomic E-state index is 5.09. The summed E-state index contributed by atoms with van der Waals surface area (Å²) in [5, 5.41) is 0.298. The third-order valence-electron chi connectivity index (χ3n) is 1.88. The summed E-state index contributed by atoms with van der Waals surface area (Å²) in [5.74, 6) is 1.30. The van der Waals surface area contributed by atoms with E-state index >= 15 is 0 Å². The summed E-state index contributed by atoms with van der Waals surface area (Å²) >= 11 is 9.01. The van der Waals surface area contributed by atoms with Crippen LogP contribution in [-0.2, 0) is 29.0 Å². The second-order valence-corrected chi connectivity index (χ2v) is 5.50. The van der Waals surface area contributed by atoms with E-state index in [0.717, 1.165) is 12.8 Å². The van der Waals surface area contributed by atoms with Gasteiger partial charge in [-0.3, -0.25) is 0 Å². The number of thiocarbonyl (C=S) groups is 2. The van der Waals surface area contributed by atoms with Crippen molar-refractivity contribution >= 4 is 34.8 Å². The summed E-state index contributed by atoms with van der Waals surface area (Å²) in [4.78, 5) is 0. The molecule has 0 aliphatic rings. The standard InChI is InChI=1S/2C6H13NOS.Zn/c2*1-5(2)3-4-8-6(7)9;/h2*5H,3-4H2,1-2H3,(H2,7,9);. The molecule has 4 nitrogen and oxygen atoms in total. The molecule has 0 spiro atoms. The molecule has 4 N–H and O–H groups in total. The summed E-state index contributed by atoms with van der Waals surface area (Å²) in [5.41, 5.74) is 10.2. The van der Waals surface area contributed by atoms with Gasteiger partial charge >= 0.3 is 0 Å². The SMILES string of the molecule is CC(C)CCOC(N)=S.CC(C)CCOC(N)=S.[Zn]. The Hall–Kier alpha value is 0.00338. The van der Waals surface area contributed by atoms with Gasteiger partial charge in [-0.1, -0.05) is 27.7 Å². The molecule has 0 heterocycles. The van der Waals surface area contributed by atoms with E-state index in [1.54, 1.807) is 0 Å². The van der Waals surface area contributed by atoms with Crippen molar-refractivity contribution in [2.45, 2.75) is 40.5 Å². The van der Waals surface area contributed by atoms with E-state index in [-0.39, 0.29) is 29.8 Å². The van der Waals surface area contributed by atoms with Gasteiger partial charge in [0.1, 0.15) is 0 Å². The first-order valence-corrected chi connectivity index (χ1v) is 6.91. The summed E-state index contributed by atoms with van der Waals surface area (Å²) < 4.78 is 9.72. The second-order valence-electron chi connectivity index (χ2n) is 4.70. The zero-order chi connectivity index (χ0) is 14.6. The predicted octanol–water partition coefficient (Wildman–Crippen LogP) is 2.58. The Morgan fingerprint density at radius 3 is 1.26 bits per heavy atom. The van der Waals surface area contributed by atoms with Gasteiger partial charge in [-0.2, -0.15) is 0 Å². The molecule has 0 bridgehead atoms. The molecule has 7 heteroatoms. The molecule has 0 saturated carbocycles. The van der Waals surface area contributed by atoms with Gasteiger partial charge in [-0.05, 0) is 49.1 Å². The quantitative estimate of drug-likeness (QED) is 0.561. The summed E-state index contributed by atoms with van der Waals surface area (Å²) in [6, 6.07) is 0. The Kier molecular flexibility index (Phi) is 20.3. The summed E-state index contributed by atoms with van der Waals surface area (Å²) in [6.45, 7) is 9.80. The Bertz CT molecular complexity index is 216. The second kappa shape index (κ2) is 16.1. The largest absolute Gasteiger partial charge is 0.471 e. The van der Waals surface area contributed by atoms with E-state index in [2.05, 4.69) is 52.1 Å². The smallest absolute Gasteiger partial charge is 0.253 e. The van der Waals surface area contributed by atoms with Crippen LogP contribution in [0.1, 0.15) is 40.5 Å². The molecule has 0 aromatic heterocycles. The van der Waals surface area contributed by atoms with E-state index in [4.69, 9.17) is 20.9 Å². The molecule has 0 saturated heterocycles. The molecule has 110 valence electrons. The molecule has 0 atom stereocenters. The number of nitrogens with two attached hydrogens (primary N) is 2. The van der Waals surface area contributed by atoms with Crippen LogP contribution in [0, 0.1) is 11.8 Å². The van der Waals surface area contributed by atoms with Crippen LogP contribution in [0.5, 0.6) is 0 Å². The molecule has 0 radical (unpaired) electrons. The fourth-order valence-electron chi connectivity index (χ4n) is 0.790. The molecule has 0 aromatic rings. The number of ether oxygens (including phenoxy) is 2. The van der Waals surface area contributed by atoms with Crippen molar-refractivity contribution in [2.75, 3.05) is 13.2 Å². The van der Waals surface area contributed by atoms with Gasteiger partial charge in [0.2, 0.25) is 0 Å². The maximum atomic E-state index is 5.09. The predicted molar refractivity (Wildman–Crippen MR) is 84.4 cm³/mol. The normalized spacial score (nSPS) is 9.16. The zero-order valence-electron chi connectivity index (χ0n) is 12.5. The van der Waals surface area contributed by atoms with Gasteiger partial charge in [-0.25, -0.2) is 0 Å². The minimum absolute atomic E-state index is 0. The van der Waals surface area contributed by atoms with Crippen molar-refractivity contribution < 1.29 is 29.0 Å². The van der Waals surface area contributed by atoms with Gasteiger partial charge < -0.3 is 20.9 Å². The van der Waals surface area contributed by atoms with Crippen LogP contribution >= 0.6 is 24.4 Å². The number of hydrogen-bond donors (Lipinski definition) is 2. The van der Waals surface area contributed by atoms with Crippen LogP contribution in [0.2, 0.25) is 0 Å². The molecule has 0 aromatic carbocycles. The van der Waals surface area contributed by atoms with Crippen molar-refractivity contribution in [1.29, 1.82) is 0 Å². The van der Waals surface area contributed by atoms with Crippen LogP contribution in [0.25, 0.3) is 0 Å². The molecular formula is C12H26N2O2S2Zn. The first-order valence-electron chi connectivity index (χ1n) is 6.10. The topological polar surface area (TPSA) is 70.5 Å². The van der Waals surface area contributed by atoms with Crippen molar-refractivity contribution in [3.63, 3.8) is 0 Å². The minimum atomic E-state index is 0. The Morgan fingerprint density at radius 1 is 0.842 bits per heavy atom. The van der Waals surface area contributed by atoms with Gasteiger partial charge in [0.15, 0.2) is 0 Å². The van der Waals surface area contributed by atoms with Crippen molar-refractivity contribution in [3.8, 4) is 0 Å². The van der Waals surface area contributed by atoms with Gasteiger partial charge in [0, 0.05) is 19.5 Å². The third kappa shape index (κ3) is 32.0. The van der Waals surface area contributed by atoms with E-state index in [9.17, 15) is 0 Å². The maximum Gasteiger partial charge on any atom is 0.253 e. The van der Waals surface area contributed by atoms with Crippen molar-refractivity contribution in [3.05, 3.63) is 0 Å². The first-order chi connectivity index (χ1) is 8.25. The monoisotopic (exact) mass is 358 g/mol. The molecule has 0 aliphatic heterocycles. The van der Waals surface area contributed by atoms with Crippen LogP contribution in [0.3, 0.4) is 0 Å². The van der Waals surface area contributed by atoms with E-state index in [1.165, 1.54) is 0 Å². The molecule has 0 amide bonds. The zero-order valence-corrected chi connectivity index (χ0v) is 17.1. The van der Waals surface area contributed by atoms with Crippen LogP contribution in [0.15, 0.2) is 0 Å². The average molecular weight is 360 g/mol. The van der Waals surface area contributed by atoms with Crippen LogP contribution in [0.4, 0.5) is 0 Å². The van der Waals surface area contributed by atoms with Gasteiger partial charge in [0.25, 0.3) is 10.3 Å². The summed E-state index contributed by atoms with van der Waals surface area (Å²) in [7, 11) is 0. The molecule has 19 heavy (non-hydrogen) atoms. The Labute approximate surface area is 140 Å². The van der Waals surface area contributed by atoms with Crippen LogP contribution < -0.4 is 11.5 Å². The van der Waals surface area contributed by atoms with Crippen molar-refractivity contribution in [2.24, 2.45) is 23.3 Å². The number of hydrogen-bond acceptors (Lipinski definition) is 4. The fraction of sp³-hybridized carbons (Fsp3) is 0.833. The number of rotatable bonds is 6. The molecular weight excluding hydrogens is 334 g/mol. The molecule has 0 fully saturated rings. The van der Waals surface area contributed by atoms with Crippen molar-refractivity contribution in [1.82, 2.24) is 0 Å². The Morgan fingerprint density at radius 2 is 1.11 bits per heavy atom. The fourth-order valence-corrected chi connectivity index (χ4v) is 0.957. The minimum Gasteiger partial charge on any atom is -0.471 e. The average Bonchev–Trinajstić information content (AvgIpc) is 2.15. The van der Waals surface area contributed by atoms with E-state index < -0.39 is 0 Å². The van der Waals surface area contributed by atoms with Gasteiger partial charge in [0.05, 0.1) is 13.2 Å². The molecule has 0 rings (SSSR count).